The lowest BCUT2D eigenvalue weighted by molar-refractivity contribution is -0.127. The van der Waals surface area contributed by atoms with Crippen LogP contribution in [-0.4, -0.2) is 34.8 Å². The fourth-order valence-corrected chi connectivity index (χ4v) is 5.10. The second-order valence-electron chi connectivity index (χ2n) is 7.61. The average Bonchev–Trinajstić information content (AvgIpc) is 3.11. The first kappa shape index (κ1) is 26.2. The molecule has 3 aromatic carbocycles. The Hall–Kier alpha value is -2.91. The van der Waals surface area contributed by atoms with Crippen LogP contribution in [0, 0.1) is 0 Å². The van der Waals surface area contributed by atoms with Crippen LogP contribution in [0.4, 0.5) is 10.5 Å². The Morgan fingerprint density at radius 1 is 1.08 bits per heavy atom. The van der Waals surface area contributed by atoms with Crippen LogP contribution in [0.2, 0.25) is 10.0 Å². The monoisotopic (exact) mass is 558 g/mol. The van der Waals surface area contributed by atoms with Gasteiger partial charge in [0.25, 0.3) is 11.1 Å². The van der Waals surface area contributed by atoms with Gasteiger partial charge in [-0.1, -0.05) is 53.5 Å². The maximum atomic E-state index is 12.9. The smallest absolute Gasteiger partial charge is 0.294 e. The van der Waals surface area contributed by atoms with E-state index in [2.05, 4.69) is 5.32 Å². The van der Waals surface area contributed by atoms with Gasteiger partial charge in [0.05, 0.1) is 4.91 Å². The van der Waals surface area contributed by atoms with E-state index in [9.17, 15) is 14.4 Å². The Morgan fingerprint density at radius 2 is 1.89 bits per heavy atom. The summed E-state index contributed by atoms with van der Waals surface area (Å²) < 4.78 is 5.94. The Bertz CT molecular complexity index is 1360. The van der Waals surface area contributed by atoms with Gasteiger partial charge in [-0.15, -0.1) is 11.8 Å². The van der Waals surface area contributed by atoms with Gasteiger partial charge in [0, 0.05) is 31.8 Å². The molecule has 36 heavy (non-hydrogen) atoms. The normalized spacial score (nSPS) is 14.4. The minimum Gasteiger partial charge on any atom is -0.488 e. The summed E-state index contributed by atoms with van der Waals surface area (Å²) in [5.41, 5.74) is 1.97. The van der Waals surface area contributed by atoms with E-state index in [1.165, 1.54) is 0 Å². The van der Waals surface area contributed by atoms with Crippen LogP contribution in [0.1, 0.15) is 11.1 Å². The fourth-order valence-electron chi connectivity index (χ4n) is 3.35. The molecule has 1 fully saturated rings. The summed E-state index contributed by atoms with van der Waals surface area (Å²) >= 11 is 14.5. The molecule has 184 valence electrons. The molecule has 0 unspecified atom stereocenters. The molecule has 10 heteroatoms. The Balaban J connectivity index is 1.45. The topological polar surface area (TPSA) is 75.7 Å². The molecule has 0 aliphatic carbocycles. The van der Waals surface area contributed by atoms with E-state index in [4.69, 9.17) is 27.9 Å². The Labute approximate surface area is 227 Å². The molecule has 4 rings (SSSR count). The molecule has 0 saturated carbocycles. The number of anilines is 1. The van der Waals surface area contributed by atoms with E-state index in [1.807, 2.05) is 24.5 Å². The number of carbonyl (C=O) groups excluding carboxylic acids is 3. The summed E-state index contributed by atoms with van der Waals surface area (Å²) in [4.78, 5) is 40.1. The molecule has 0 spiro atoms. The molecule has 1 aliphatic rings. The number of thioether (sulfide) groups is 2. The standard InChI is InChI=1S/C26H20Cl2N2O4S2/c1-35-20-7-4-6-19(13-20)29-24(31)14-30-25(32)23(36-26(30)33)11-16-5-2-3-8-22(16)34-15-17-9-10-18(27)12-21(17)28/h2-13H,14-15H2,1H3,(H,29,31)/b23-11+. The minimum atomic E-state index is -0.534. The van der Waals surface area contributed by atoms with E-state index in [1.54, 1.807) is 66.4 Å². The van der Waals surface area contributed by atoms with E-state index in [0.29, 0.717) is 27.0 Å². The number of ether oxygens (including phenoxy) is 1. The number of rotatable bonds is 8. The first-order valence-corrected chi connectivity index (χ1v) is 13.5. The van der Waals surface area contributed by atoms with Crippen LogP contribution >= 0.6 is 46.7 Å². The summed E-state index contributed by atoms with van der Waals surface area (Å²) in [5, 5.41) is 3.24. The van der Waals surface area contributed by atoms with Gasteiger partial charge in [0.2, 0.25) is 5.91 Å². The van der Waals surface area contributed by atoms with Gasteiger partial charge in [0.1, 0.15) is 18.9 Å². The van der Waals surface area contributed by atoms with Crippen molar-refractivity contribution in [3.05, 3.63) is 92.8 Å². The van der Waals surface area contributed by atoms with Crippen molar-refractivity contribution in [2.24, 2.45) is 0 Å². The Kier molecular flexibility index (Phi) is 8.64. The number of halogens is 2. The number of para-hydroxylation sites is 1. The van der Waals surface area contributed by atoms with Crippen LogP contribution in [0.5, 0.6) is 5.75 Å². The lowest BCUT2D eigenvalue weighted by atomic mass is 10.1. The van der Waals surface area contributed by atoms with Crippen LogP contribution in [0.25, 0.3) is 6.08 Å². The number of carbonyl (C=O) groups is 3. The summed E-state index contributed by atoms with van der Waals surface area (Å²) in [5.74, 6) is -0.476. The van der Waals surface area contributed by atoms with Crippen LogP contribution in [-0.2, 0) is 16.2 Å². The molecule has 1 aliphatic heterocycles. The lowest BCUT2D eigenvalue weighted by Crippen LogP contribution is -2.36. The van der Waals surface area contributed by atoms with Gasteiger partial charge in [0.15, 0.2) is 0 Å². The molecule has 0 aromatic heterocycles. The van der Waals surface area contributed by atoms with Crippen molar-refractivity contribution in [1.82, 2.24) is 4.90 Å². The van der Waals surface area contributed by atoms with Gasteiger partial charge in [-0.2, -0.15) is 0 Å². The summed E-state index contributed by atoms with van der Waals surface area (Å²) in [7, 11) is 0. The molecule has 0 atom stereocenters. The van der Waals surface area contributed by atoms with Crippen molar-refractivity contribution in [3.63, 3.8) is 0 Å². The molecule has 1 saturated heterocycles. The average molecular weight is 559 g/mol. The predicted molar refractivity (Wildman–Crippen MR) is 147 cm³/mol. The van der Waals surface area contributed by atoms with Crippen molar-refractivity contribution < 1.29 is 19.1 Å². The number of hydrogen-bond donors (Lipinski definition) is 1. The molecule has 6 nitrogen and oxygen atoms in total. The molecule has 3 aromatic rings. The van der Waals surface area contributed by atoms with Crippen LogP contribution < -0.4 is 10.1 Å². The third-order valence-electron chi connectivity index (χ3n) is 5.13. The van der Waals surface area contributed by atoms with Gasteiger partial charge in [-0.3, -0.25) is 19.3 Å². The van der Waals surface area contributed by atoms with E-state index in [-0.39, 0.29) is 18.1 Å². The zero-order valence-electron chi connectivity index (χ0n) is 19.0. The largest absolute Gasteiger partial charge is 0.488 e. The highest BCUT2D eigenvalue weighted by molar-refractivity contribution is 8.18. The van der Waals surface area contributed by atoms with Crippen molar-refractivity contribution in [1.29, 1.82) is 0 Å². The Morgan fingerprint density at radius 3 is 2.67 bits per heavy atom. The number of nitrogens with one attached hydrogen (secondary N) is 1. The third-order valence-corrected chi connectivity index (χ3v) is 7.35. The maximum Gasteiger partial charge on any atom is 0.294 e. The van der Waals surface area contributed by atoms with Gasteiger partial charge in [-0.05, 0) is 60.5 Å². The van der Waals surface area contributed by atoms with E-state index >= 15 is 0 Å². The highest BCUT2D eigenvalue weighted by atomic mass is 35.5. The number of hydrogen-bond acceptors (Lipinski definition) is 6. The van der Waals surface area contributed by atoms with Crippen molar-refractivity contribution >= 4 is 75.5 Å². The van der Waals surface area contributed by atoms with Gasteiger partial charge < -0.3 is 10.1 Å². The molecule has 0 radical (unpaired) electrons. The second-order valence-corrected chi connectivity index (χ2v) is 10.3. The van der Waals surface area contributed by atoms with Gasteiger partial charge in [-0.25, -0.2) is 0 Å². The van der Waals surface area contributed by atoms with E-state index < -0.39 is 17.1 Å². The number of imide groups is 1. The number of benzene rings is 3. The molecule has 1 heterocycles. The minimum absolute atomic E-state index is 0.195. The molecule has 0 bridgehead atoms. The zero-order valence-corrected chi connectivity index (χ0v) is 22.1. The van der Waals surface area contributed by atoms with Crippen LogP contribution in [0.15, 0.2) is 76.5 Å². The third kappa shape index (κ3) is 6.44. The van der Waals surface area contributed by atoms with Crippen molar-refractivity contribution in [2.45, 2.75) is 11.5 Å². The molecule has 3 amide bonds. The highest BCUT2D eigenvalue weighted by Gasteiger charge is 2.36. The molecule has 1 N–H and O–H groups in total. The van der Waals surface area contributed by atoms with E-state index in [0.717, 1.165) is 27.1 Å². The maximum absolute atomic E-state index is 12.9. The number of nitrogens with zero attached hydrogens (tertiary/aromatic N) is 1. The molecular formula is C26H20Cl2N2O4S2. The predicted octanol–water partition coefficient (Wildman–Crippen LogP) is 6.97. The summed E-state index contributed by atoms with van der Waals surface area (Å²) in [6, 6.07) is 19.6. The lowest BCUT2D eigenvalue weighted by Gasteiger charge is -2.13. The van der Waals surface area contributed by atoms with Crippen molar-refractivity contribution in [3.8, 4) is 5.75 Å². The number of amides is 3. The van der Waals surface area contributed by atoms with Crippen LogP contribution in [0.3, 0.4) is 0 Å². The SMILES string of the molecule is CSc1cccc(NC(=O)CN2C(=O)S/C(=C/c3ccccc3OCc3ccc(Cl)cc3Cl)C2=O)c1. The first-order valence-electron chi connectivity index (χ1n) is 10.7. The zero-order chi connectivity index (χ0) is 25.7. The van der Waals surface area contributed by atoms with Gasteiger partial charge >= 0.3 is 0 Å². The quantitative estimate of drug-likeness (QED) is 0.237. The highest BCUT2D eigenvalue weighted by Crippen LogP contribution is 2.34. The first-order chi connectivity index (χ1) is 17.3. The van der Waals surface area contributed by atoms with Crippen molar-refractivity contribution in [2.75, 3.05) is 18.1 Å². The molecular weight excluding hydrogens is 539 g/mol. The summed E-state index contributed by atoms with van der Waals surface area (Å²) in [6.45, 7) is -0.182. The summed E-state index contributed by atoms with van der Waals surface area (Å²) in [6.07, 6.45) is 3.52. The second kappa shape index (κ2) is 11.9. The fraction of sp³-hybridized carbons (Fsp3) is 0.115.